The van der Waals surface area contributed by atoms with E-state index in [-0.39, 0.29) is 5.91 Å². The first-order valence-electron chi connectivity index (χ1n) is 11.4. The van der Waals surface area contributed by atoms with Crippen LogP contribution in [0.4, 0.5) is 0 Å². The molecule has 1 amide bonds. The van der Waals surface area contributed by atoms with Crippen molar-refractivity contribution in [1.29, 1.82) is 0 Å². The first kappa shape index (κ1) is 23.0. The van der Waals surface area contributed by atoms with Crippen molar-refractivity contribution in [2.75, 3.05) is 14.2 Å². The fourth-order valence-electron chi connectivity index (χ4n) is 3.88. The molecular weight excluding hydrogens is 452 g/mol. The molecule has 0 unspecified atom stereocenters. The highest BCUT2D eigenvalue weighted by atomic mass is 16.5. The molecule has 1 N–H and O–H groups in total. The smallest absolute Gasteiger partial charge is 0.251 e. The summed E-state index contributed by atoms with van der Waals surface area (Å²) in [5, 5.41) is 2.93. The molecule has 0 atom stereocenters. The minimum absolute atomic E-state index is 0.187. The molecule has 178 valence electrons. The van der Waals surface area contributed by atoms with E-state index in [1.54, 1.807) is 38.7 Å². The summed E-state index contributed by atoms with van der Waals surface area (Å²) >= 11 is 0. The van der Waals surface area contributed by atoms with Crippen molar-refractivity contribution in [2.24, 2.45) is 0 Å². The molecule has 0 aliphatic carbocycles. The van der Waals surface area contributed by atoms with Gasteiger partial charge in [-0.1, -0.05) is 6.07 Å². The number of carbonyl (C=O) groups excluding carboxylic acids is 1. The zero-order valence-corrected chi connectivity index (χ0v) is 19.9. The summed E-state index contributed by atoms with van der Waals surface area (Å²) in [5.41, 5.74) is 6.02. The van der Waals surface area contributed by atoms with E-state index in [2.05, 4.69) is 10.3 Å². The van der Waals surface area contributed by atoms with Crippen molar-refractivity contribution < 1.29 is 14.3 Å². The fraction of sp³-hybridized carbons (Fsp3) is 0.103. The lowest BCUT2D eigenvalue weighted by Crippen LogP contribution is -2.22. The number of benzene rings is 3. The summed E-state index contributed by atoms with van der Waals surface area (Å²) in [4.78, 5) is 26.8. The molecule has 0 saturated carbocycles. The number of ether oxygens (including phenoxy) is 2. The summed E-state index contributed by atoms with van der Waals surface area (Å²) in [6, 6.07) is 24.5. The highest BCUT2D eigenvalue weighted by Crippen LogP contribution is 2.33. The van der Waals surface area contributed by atoms with Crippen LogP contribution in [-0.4, -0.2) is 35.1 Å². The average molecular weight is 477 g/mol. The molecule has 0 bridgehead atoms. The van der Waals surface area contributed by atoms with Crippen molar-refractivity contribution in [2.45, 2.75) is 6.54 Å². The Morgan fingerprint density at radius 1 is 0.778 bits per heavy atom. The lowest BCUT2D eigenvalue weighted by atomic mass is 10.0. The fourth-order valence-corrected chi connectivity index (χ4v) is 3.88. The van der Waals surface area contributed by atoms with E-state index >= 15 is 0 Å². The maximum absolute atomic E-state index is 12.8. The highest BCUT2D eigenvalue weighted by molar-refractivity contribution is 5.98. The van der Waals surface area contributed by atoms with Crippen molar-refractivity contribution in [3.8, 4) is 34.0 Å². The van der Waals surface area contributed by atoms with Gasteiger partial charge in [-0.3, -0.25) is 9.78 Å². The third kappa shape index (κ3) is 4.86. The number of hydrogen-bond acceptors (Lipinski definition) is 6. The van der Waals surface area contributed by atoms with Gasteiger partial charge in [-0.15, -0.1) is 0 Å². The van der Waals surface area contributed by atoms with Crippen molar-refractivity contribution in [3.05, 3.63) is 102 Å². The van der Waals surface area contributed by atoms with Crippen LogP contribution < -0.4 is 14.8 Å². The van der Waals surface area contributed by atoms with Crippen LogP contribution in [0.2, 0.25) is 0 Å². The third-order valence-electron chi connectivity index (χ3n) is 5.83. The first-order chi connectivity index (χ1) is 17.6. The molecule has 0 fully saturated rings. The number of amides is 1. The second-order valence-corrected chi connectivity index (χ2v) is 8.13. The van der Waals surface area contributed by atoms with Crippen molar-refractivity contribution >= 4 is 16.9 Å². The molecule has 0 spiro atoms. The largest absolute Gasteiger partial charge is 0.497 e. The first-order valence-corrected chi connectivity index (χ1v) is 11.4. The molecule has 3 aromatic carbocycles. The monoisotopic (exact) mass is 476 g/mol. The number of fused-ring (bicyclic) bond motifs is 1. The summed E-state index contributed by atoms with van der Waals surface area (Å²) in [7, 11) is 3.27. The maximum Gasteiger partial charge on any atom is 0.251 e. The zero-order chi connectivity index (χ0) is 24.9. The molecule has 0 radical (unpaired) electrons. The Hall–Kier alpha value is -4.78. The Kier molecular flexibility index (Phi) is 6.53. The number of hydrogen-bond donors (Lipinski definition) is 1. The second kappa shape index (κ2) is 10.2. The Morgan fingerprint density at radius 2 is 1.39 bits per heavy atom. The van der Waals surface area contributed by atoms with Crippen LogP contribution in [-0.2, 0) is 6.54 Å². The minimum atomic E-state index is -0.187. The van der Waals surface area contributed by atoms with Gasteiger partial charge in [0.2, 0.25) is 0 Å². The van der Waals surface area contributed by atoms with Crippen LogP contribution in [0.1, 0.15) is 15.9 Å². The Labute approximate surface area is 208 Å². The van der Waals surface area contributed by atoms with Crippen LogP contribution in [0, 0.1) is 0 Å². The molecule has 7 heteroatoms. The Morgan fingerprint density at radius 3 is 1.94 bits per heavy atom. The number of methoxy groups -OCH3 is 2. The van der Waals surface area contributed by atoms with Gasteiger partial charge in [-0.25, -0.2) is 9.97 Å². The van der Waals surface area contributed by atoms with Crippen molar-refractivity contribution in [1.82, 2.24) is 20.3 Å². The van der Waals surface area contributed by atoms with Gasteiger partial charge in [0, 0.05) is 35.6 Å². The minimum Gasteiger partial charge on any atom is -0.497 e. The highest BCUT2D eigenvalue weighted by Gasteiger charge is 2.15. The number of pyridine rings is 1. The van der Waals surface area contributed by atoms with Gasteiger partial charge in [-0.05, 0) is 78.4 Å². The van der Waals surface area contributed by atoms with E-state index in [0.29, 0.717) is 28.8 Å². The summed E-state index contributed by atoms with van der Waals surface area (Å²) in [6.07, 6.45) is 3.43. The molecule has 7 nitrogen and oxygen atoms in total. The lowest BCUT2D eigenvalue weighted by Gasteiger charge is -2.12. The van der Waals surface area contributed by atoms with E-state index in [1.807, 2.05) is 66.7 Å². The molecule has 5 aromatic rings. The van der Waals surface area contributed by atoms with E-state index in [9.17, 15) is 4.79 Å². The average Bonchev–Trinajstić information content (AvgIpc) is 2.95. The quantitative estimate of drug-likeness (QED) is 0.343. The SMILES string of the molecule is COc1ccc(-c2nc3ccc(C(=O)NCc4cccnc4)cc3nc2-c2ccc(OC)cc2)cc1. The van der Waals surface area contributed by atoms with Gasteiger partial charge >= 0.3 is 0 Å². The number of nitrogens with one attached hydrogen (secondary N) is 1. The summed E-state index contributed by atoms with van der Waals surface area (Å²) in [5.74, 6) is 1.33. The molecule has 0 aliphatic heterocycles. The van der Waals surface area contributed by atoms with Gasteiger partial charge in [-0.2, -0.15) is 0 Å². The maximum atomic E-state index is 12.8. The topological polar surface area (TPSA) is 86.2 Å². The summed E-state index contributed by atoms with van der Waals surface area (Å²) < 4.78 is 10.6. The molecular formula is C29H24N4O3. The van der Waals surface area contributed by atoms with E-state index in [0.717, 1.165) is 33.9 Å². The predicted octanol–water partition coefficient (Wildman–Crippen LogP) is 5.31. The van der Waals surface area contributed by atoms with Gasteiger partial charge in [0.05, 0.1) is 36.6 Å². The van der Waals surface area contributed by atoms with Gasteiger partial charge in [0.25, 0.3) is 5.91 Å². The van der Waals surface area contributed by atoms with Gasteiger partial charge in [0.1, 0.15) is 11.5 Å². The Bertz CT molecular complexity index is 1500. The van der Waals surface area contributed by atoms with Crippen LogP contribution in [0.3, 0.4) is 0 Å². The molecule has 5 rings (SSSR count). The predicted molar refractivity (Wildman–Crippen MR) is 139 cm³/mol. The number of rotatable bonds is 7. The normalized spacial score (nSPS) is 10.7. The number of nitrogens with zero attached hydrogens (tertiary/aromatic N) is 3. The molecule has 0 aliphatic rings. The van der Waals surface area contributed by atoms with Gasteiger partial charge in [0.15, 0.2) is 0 Å². The lowest BCUT2D eigenvalue weighted by molar-refractivity contribution is 0.0951. The van der Waals surface area contributed by atoms with E-state index in [1.165, 1.54) is 0 Å². The molecule has 2 aromatic heterocycles. The van der Waals surface area contributed by atoms with E-state index < -0.39 is 0 Å². The number of carbonyl (C=O) groups is 1. The van der Waals surface area contributed by atoms with Crippen molar-refractivity contribution in [3.63, 3.8) is 0 Å². The Balaban J connectivity index is 1.54. The zero-order valence-electron chi connectivity index (χ0n) is 19.9. The van der Waals surface area contributed by atoms with Gasteiger partial charge < -0.3 is 14.8 Å². The number of aromatic nitrogens is 3. The second-order valence-electron chi connectivity index (χ2n) is 8.13. The standard InChI is InChI=1S/C29H24N4O3/c1-35-23-10-5-20(6-11-23)27-28(21-7-12-24(36-2)13-8-21)33-26-16-22(9-14-25(26)32-27)29(34)31-18-19-4-3-15-30-17-19/h3-17H,18H2,1-2H3,(H,31,34). The van der Waals surface area contributed by atoms with Crippen LogP contribution in [0.5, 0.6) is 11.5 Å². The molecule has 0 saturated heterocycles. The van der Waals surface area contributed by atoms with E-state index in [4.69, 9.17) is 19.4 Å². The molecule has 2 heterocycles. The third-order valence-corrected chi connectivity index (χ3v) is 5.83. The van der Waals surface area contributed by atoms with Crippen LogP contribution in [0.15, 0.2) is 91.3 Å². The molecule has 36 heavy (non-hydrogen) atoms. The van der Waals surface area contributed by atoms with Crippen LogP contribution in [0.25, 0.3) is 33.5 Å². The van der Waals surface area contributed by atoms with Crippen LogP contribution >= 0.6 is 0 Å². The summed E-state index contributed by atoms with van der Waals surface area (Å²) in [6.45, 7) is 0.393.